The summed E-state index contributed by atoms with van der Waals surface area (Å²) >= 11 is 0. The van der Waals surface area contributed by atoms with Crippen LogP contribution < -0.4 is 0 Å². The predicted molar refractivity (Wildman–Crippen MR) is 82.1 cm³/mol. The third kappa shape index (κ3) is 9.09. The highest BCUT2D eigenvalue weighted by molar-refractivity contribution is 5.75. The minimum absolute atomic E-state index is 0.151. The Morgan fingerprint density at radius 2 is 1.25 bits per heavy atom. The molecule has 0 aliphatic rings. The summed E-state index contributed by atoms with van der Waals surface area (Å²) in [6.07, 6.45) is -0.188. The van der Waals surface area contributed by atoms with Crippen molar-refractivity contribution in [1.29, 1.82) is 10.5 Å². The first-order valence-corrected chi connectivity index (χ1v) is 7.85. The van der Waals surface area contributed by atoms with Crippen LogP contribution in [0.15, 0.2) is 0 Å². The van der Waals surface area contributed by atoms with Crippen LogP contribution in [0.1, 0.15) is 33.6 Å². The summed E-state index contributed by atoms with van der Waals surface area (Å²) in [4.78, 5) is 22.9. The fourth-order valence-electron chi connectivity index (χ4n) is 1.71. The molecule has 0 aliphatic carbocycles. The molecule has 0 aromatic heterocycles. The van der Waals surface area contributed by atoms with E-state index in [1.165, 1.54) is 0 Å². The lowest BCUT2D eigenvalue weighted by Gasteiger charge is -2.16. The molecule has 0 fully saturated rings. The lowest BCUT2D eigenvalue weighted by atomic mass is 10.1. The van der Waals surface area contributed by atoms with Gasteiger partial charge in [-0.25, -0.2) is 0 Å². The maximum absolute atomic E-state index is 11.4. The minimum atomic E-state index is -0.871. The molecule has 0 saturated heterocycles. The molecule has 0 spiro atoms. The zero-order valence-electron chi connectivity index (χ0n) is 14.3. The molecule has 0 heterocycles. The molecule has 0 amide bonds. The summed E-state index contributed by atoms with van der Waals surface area (Å²) in [5, 5.41) is 17.8. The van der Waals surface area contributed by atoms with Crippen LogP contribution in [0.4, 0.5) is 0 Å². The molecular formula is C16H24N2O6. The first-order valence-electron chi connectivity index (χ1n) is 7.85. The van der Waals surface area contributed by atoms with E-state index >= 15 is 0 Å². The molecular weight excluding hydrogens is 316 g/mol. The van der Waals surface area contributed by atoms with Crippen LogP contribution in [0.5, 0.6) is 0 Å². The van der Waals surface area contributed by atoms with Crippen molar-refractivity contribution >= 4 is 11.9 Å². The number of ether oxygens (including phenoxy) is 4. The summed E-state index contributed by atoms with van der Waals surface area (Å²) in [5.74, 6) is -2.88. The molecule has 2 atom stereocenters. The molecule has 0 N–H and O–H groups in total. The highest BCUT2D eigenvalue weighted by Crippen LogP contribution is 2.09. The second kappa shape index (κ2) is 13.3. The Morgan fingerprint density at radius 1 is 0.875 bits per heavy atom. The number of rotatable bonds is 12. The molecule has 0 rings (SSSR count). The highest BCUT2D eigenvalue weighted by Gasteiger charge is 2.21. The van der Waals surface area contributed by atoms with Crippen LogP contribution in [0.3, 0.4) is 0 Å². The van der Waals surface area contributed by atoms with Gasteiger partial charge in [-0.15, -0.1) is 0 Å². The number of nitrogens with zero attached hydrogens (tertiary/aromatic N) is 2. The van der Waals surface area contributed by atoms with Crippen LogP contribution in [-0.2, 0) is 28.5 Å². The lowest BCUT2D eigenvalue weighted by Crippen LogP contribution is -2.22. The molecule has 8 nitrogen and oxygen atoms in total. The second-order valence-corrected chi connectivity index (χ2v) is 4.75. The van der Waals surface area contributed by atoms with Gasteiger partial charge in [0.25, 0.3) is 0 Å². The Hall–Kier alpha value is -2.16. The number of nitriles is 2. The summed E-state index contributed by atoms with van der Waals surface area (Å²) in [6, 6.07) is 3.74. The van der Waals surface area contributed by atoms with Gasteiger partial charge in [-0.05, 0) is 33.6 Å². The van der Waals surface area contributed by atoms with Gasteiger partial charge in [0.15, 0.2) is 6.29 Å². The zero-order valence-corrected chi connectivity index (χ0v) is 14.3. The Bertz CT molecular complexity index is 426. The standard InChI is InChI=1S/C16H24N2O6/c1-4-21-15(19)13(10-17)6-8-23-12(3)24-9-7-14(11-18)16(20)22-5-2/h12-14H,4-9H2,1-3H3. The van der Waals surface area contributed by atoms with Gasteiger partial charge in [0, 0.05) is 0 Å². The quantitative estimate of drug-likeness (QED) is 0.388. The SMILES string of the molecule is CCOC(=O)C(C#N)CCOC(C)OCCC(C#N)C(=O)OCC. The smallest absolute Gasteiger partial charge is 0.323 e. The van der Waals surface area contributed by atoms with Crippen molar-refractivity contribution in [1.82, 2.24) is 0 Å². The van der Waals surface area contributed by atoms with Gasteiger partial charge in [-0.3, -0.25) is 9.59 Å². The molecule has 8 heteroatoms. The average molecular weight is 340 g/mol. The van der Waals surface area contributed by atoms with Crippen LogP contribution in [-0.4, -0.2) is 44.7 Å². The molecule has 0 aliphatic heterocycles. The summed E-state index contributed by atoms with van der Waals surface area (Å²) < 4.78 is 20.2. The third-order valence-corrected chi connectivity index (χ3v) is 2.97. The Balaban J connectivity index is 4.00. The summed E-state index contributed by atoms with van der Waals surface area (Å²) in [6.45, 7) is 5.73. The number of carbonyl (C=O) groups is 2. The Morgan fingerprint density at radius 3 is 1.54 bits per heavy atom. The van der Waals surface area contributed by atoms with Crippen LogP contribution >= 0.6 is 0 Å². The van der Waals surface area contributed by atoms with Crippen molar-refractivity contribution in [3.05, 3.63) is 0 Å². The molecule has 134 valence electrons. The van der Waals surface area contributed by atoms with Crippen LogP contribution in [0.25, 0.3) is 0 Å². The largest absolute Gasteiger partial charge is 0.465 e. The first kappa shape index (κ1) is 21.8. The van der Waals surface area contributed by atoms with E-state index in [-0.39, 0.29) is 39.3 Å². The molecule has 0 aromatic rings. The van der Waals surface area contributed by atoms with E-state index in [4.69, 9.17) is 29.5 Å². The van der Waals surface area contributed by atoms with Crippen molar-refractivity contribution in [3.63, 3.8) is 0 Å². The fraction of sp³-hybridized carbons (Fsp3) is 0.750. The third-order valence-electron chi connectivity index (χ3n) is 2.97. The van der Waals surface area contributed by atoms with Crippen LogP contribution in [0, 0.1) is 34.5 Å². The number of esters is 2. The van der Waals surface area contributed by atoms with E-state index in [1.807, 2.05) is 12.1 Å². The Kier molecular flexibility index (Phi) is 12.1. The van der Waals surface area contributed by atoms with Gasteiger partial charge in [-0.2, -0.15) is 10.5 Å². The van der Waals surface area contributed by atoms with Crippen molar-refractivity contribution in [2.45, 2.75) is 39.9 Å². The highest BCUT2D eigenvalue weighted by atomic mass is 16.7. The van der Waals surface area contributed by atoms with E-state index < -0.39 is 30.1 Å². The van der Waals surface area contributed by atoms with E-state index in [0.717, 1.165) is 0 Å². The minimum Gasteiger partial charge on any atom is -0.465 e. The topological polar surface area (TPSA) is 119 Å². The lowest BCUT2D eigenvalue weighted by molar-refractivity contribution is -0.152. The van der Waals surface area contributed by atoms with E-state index in [9.17, 15) is 9.59 Å². The van der Waals surface area contributed by atoms with Crippen LogP contribution in [0.2, 0.25) is 0 Å². The van der Waals surface area contributed by atoms with Crippen molar-refractivity contribution in [3.8, 4) is 12.1 Å². The van der Waals surface area contributed by atoms with Gasteiger partial charge in [0.2, 0.25) is 0 Å². The number of carbonyl (C=O) groups excluding carboxylic acids is 2. The van der Waals surface area contributed by atoms with E-state index in [1.54, 1.807) is 20.8 Å². The first-order chi connectivity index (χ1) is 11.5. The maximum Gasteiger partial charge on any atom is 0.323 e. The monoisotopic (exact) mass is 340 g/mol. The summed E-state index contributed by atoms with van der Waals surface area (Å²) in [7, 11) is 0. The maximum atomic E-state index is 11.4. The zero-order chi connectivity index (χ0) is 18.4. The van der Waals surface area contributed by atoms with Crippen molar-refractivity contribution in [2.75, 3.05) is 26.4 Å². The van der Waals surface area contributed by atoms with Crippen molar-refractivity contribution < 1.29 is 28.5 Å². The van der Waals surface area contributed by atoms with Gasteiger partial charge >= 0.3 is 11.9 Å². The number of hydrogen-bond acceptors (Lipinski definition) is 8. The van der Waals surface area contributed by atoms with Crippen molar-refractivity contribution in [2.24, 2.45) is 11.8 Å². The van der Waals surface area contributed by atoms with Gasteiger partial charge in [0.1, 0.15) is 11.8 Å². The normalized spacial score (nSPS) is 13.9. The molecule has 0 aromatic carbocycles. The molecule has 0 saturated carbocycles. The number of hydrogen-bond donors (Lipinski definition) is 0. The van der Waals surface area contributed by atoms with Gasteiger partial charge in [0.05, 0.1) is 38.6 Å². The molecule has 24 heavy (non-hydrogen) atoms. The second-order valence-electron chi connectivity index (χ2n) is 4.75. The molecule has 0 bridgehead atoms. The molecule has 0 radical (unpaired) electrons. The van der Waals surface area contributed by atoms with E-state index in [2.05, 4.69) is 0 Å². The Labute approximate surface area is 142 Å². The van der Waals surface area contributed by atoms with Gasteiger partial charge in [-0.1, -0.05) is 0 Å². The summed E-state index contributed by atoms with van der Waals surface area (Å²) in [5.41, 5.74) is 0. The average Bonchev–Trinajstić information content (AvgIpc) is 2.55. The predicted octanol–water partition coefficient (Wildman–Crippen LogP) is 1.55. The fourth-order valence-corrected chi connectivity index (χ4v) is 1.71. The molecule has 2 unspecified atom stereocenters. The van der Waals surface area contributed by atoms with E-state index in [0.29, 0.717) is 0 Å². The van der Waals surface area contributed by atoms with Gasteiger partial charge < -0.3 is 18.9 Å².